The lowest BCUT2D eigenvalue weighted by Crippen LogP contribution is -2.22. The van der Waals surface area contributed by atoms with Gasteiger partial charge in [0.25, 0.3) is 0 Å². The first kappa shape index (κ1) is 9.96. The lowest BCUT2D eigenvalue weighted by atomic mass is 10.2. The minimum atomic E-state index is -1.27. The zero-order chi connectivity index (χ0) is 10.5. The van der Waals surface area contributed by atoms with Gasteiger partial charge in [0, 0.05) is 0 Å². The Bertz CT molecular complexity index is 308. The van der Waals surface area contributed by atoms with Crippen molar-refractivity contribution in [3.05, 3.63) is 10.8 Å². The molecule has 2 aliphatic rings. The molecule has 2 aliphatic carbocycles. The van der Waals surface area contributed by atoms with E-state index < -0.39 is 8.07 Å². The Labute approximate surface area is 86.3 Å². The third kappa shape index (κ3) is 1.54. The van der Waals surface area contributed by atoms with Crippen LogP contribution in [0.1, 0.15) is 12.8 Å². The molecule has 78 valence electrons. The van der Waals surface area contributed by atoms with Crippen LogP contribution in [0, 0.1) is 11.8 Å². The lowest BCUT2D eigenvalue weighted by Gasteiger charge is -2.12. The number of ether oxygens (including phenoxy) is 1. The van der Waals surface area contributed by atoms with Gasteiger partial charge in [0.1, 0.15) is 0 Å². The second-order valence-electron chi connectivity index (χ2n) is 5.35. The van der Waals surface area contributed by atoms with Crippen LogP contribution in [-0.2, 0) is 9.53 Å². The average molecular weight is 210 g/mol. The fourth-order valence-corrected chi connectivity index (χ4v) is 4.60. The molecule has 0 bridgehead atoms. The van der Waals surface area contributed by atoms with E-state index >= 15 is 0 Å². The molecule has 1 saturated carbocycles. The van der Waals surface area contributed by atoms with E-state index in [1.54, 1.807) is 0 Å². The van der Waals surface area contributed by atoms with E-state index in [1.165, 1.54) is 30.7 Å². The van der Waals surface area contributed by atoms with Crippen molar-refractivity contribution in [2.75, 3.05) is 7.11 Å². The molecular weight excluding hydrogens is 192 g/mol. The van der Waals surface area contributed by atoms with Crippen LogP contribution in [0.25, 0.3) is 0 Å². The Morgan fingerprint density at radius 3 is 2.29 bits per heavy atom. The van der Waals surface area contributed by atoms with E-state index in [2.05, 4.69) is 19.6 Å². The van der Waals surface area contributed by atoms with Crippen molar-refractivity contribution in [2.45, 2.75) is 32.5 Å². The summed E-state index contributed by atoms with van der Waals surface area (Å²) in [5, 5.41) is 1.48. The first-order valence-electron chi connectivity index (χ1n) is 5.29. The highest BCUT2D eigenvalue weighted by Gasteiger charge is 2.53. The molecule has 0 aromatic rings. The van der Waals surface area contributed by atoms with Crippen molar-refractivity contribution in [3.63, 3.8) is 0 Å². The molecule has 0 saturated heterocycles. The van der Waals surface area contributed by atoms with Crippen LogP contribution in [0.2, 0.25) is 19.6 Å². The van der Waals surface area contributed by atoms with Gasteiger partial charge in [-0.2, -0.15) is 0 Å². The number of esters is 1. The van der Waals surface area contributed by atoms with E-state index in [-0.39, 0.29) is 11.9 Å². The largest absolute Gasteiger partial charge is 0.468 e. The first-order chi connectivity index (χ1) is 6.46. The number of methoxy groups -OCH3 is 1. The quantitative estimate of drug-likeness (QED) is 0.528. The zero-order valence-corrected chi connectivity index (χ0v) is 10.4. The van der Waals surface area contributed by atoms with Gasteiger partial charge in [-0.3, -0.25) is 4.79 Å². The summed E-state index contributed by atoms with van der Waals surface area (Å²) in [6.45, 7) is 6.94. The third-order valence-electron chi connectivity index (χ3n) is 3.09. The Kier molecular flexibility index (Phi) is 2.10. The van der Waals surface area contributed by atoms with E-state index in [4.69, 9.17) is 4.74 Å². The highest BCUT2D eigenvalue weighted by Crippen LogP contribution is 2.56. The normalized spacial score (nSPS) is 26.4. The smallest absolute Gasteiger partial charge is 0.316 e. The standard InChI is InChI=1S/C11H18O2Si/c1-13-11(12)9-8(7-5-6-7)10(9)14(2,3)4/h7,9H,5-6H2,1-4H3. The SMILES string of the molecule is COC(=O)C1C(C2CC2)=C1[Si](C)(C)C. The molecule has 0 heterocycles. The van der Waals surface area contributed by atoms with E-state index in [1.807, 2.05) is 0 Å². The first-order valence-corrected chi connectivity index (χ1v) is 8.79. The lowest BCUT2D eigenvalue weighted by molar-refractivity contribution is -0.141. The molecule has 2 nitrogen and oxygen atoms in total. The Morgan fingerprint density at radius 1 is 1.36 bits per heavy atom. The van der Waals surface area contributed by atoms with Gasteiger partial charge in [0.05, 0.1) is 21.1 Å². The molecule has 3 heteroatoms. The highest BCUT2D eigenvalue weighted by atomic mass is 28.3. The molecule has 1 atom stereocenters. The summed E-state index contributed by atoms with van der Waals surface area (Å²) in [4.78, 5) is 11.5. The molecule has 0 spiro atoms. The third-order valence-corrected chi connectivity index (χ3v) is 5.28. The fraction of sp³-hybridized carbons (Fsp3) is 0.727. The summed E-state index contributed by atoms with van der Waals surface area (Å²) in [5.74, 6) is 0.810. The van der Waals surface area contributed by atoms with Crippen LogP contribution in [0.15, 0.2) is 10.8 Å². The van der Waals surface area contributed by atoms with Gasteiger partial charge in [0.2, 0.25) is 0 Å². The summed E-state index contributed by atoms with van der Waals surface area (Å²) in [6.07, 6.45) is 2.58. The monoisotopic (exact) mass is 210 g/mol. The molecule has 14 heavy (non-hydrogen) atoms. The summed E-state index contributed by atoms with van der Waals surface area (Å²) >= 11 is 0. The molecule has 0 aromatic carbocycles. The Morgan fingerprint density at radius 2 is 1.93 bits per heavy atom. The second kappa shape index (κ2) is 2.96. The summed E-state index contributed by atoms with van der Waals surface area (Å²) in [7, 11) is 0.220. The Hall–Kier alpha value is -0.573. The van der Waals surface area contributed by atoms with Gasteiger partial charge in [-0.25, -0.2) is 0 Å². The highest BCUT2D eigenvalue weighted by molar-refractivity contribution is 6.85. The molecular formula is C11H18O2Si. The van der Waals surface area contributed by atoms with Crippen molar-refractivity contribution >= 4 is 14.0 Å². The van der Waals surface area contributed by atoms with Crippen LogP contribution in [-0.4, -0.2) is 21.2 Å². The molecule has 2 rings (SSSR count). The van der Waals surface area contributed by atoms with Crippen molar-refractivity contribution < 1.29 is 9.53 Å². The van der Waals surface area contributed by atoms with Crippen LogP contribution in [0.5, 0.6) is 0 Å². The molecule has 1 unspecified atom stereocenters. The minimum Gasteiger partial charge on any atom is -0.468 e. The average Bonchev–Trinajstić information content (AvgIpc) is 2.90. The summed E-state index contributed by atoms with van der Waals surface area (Å²) < 4.78 is 4.85. The van der Waals surface area contributed by atoms with Crippen LogP contribution < -0.4 is 0 Å². The second-order valence-corrected chi connectivity index (χ2v) is 10.4. The predicted molar refractivity (Wildman–Crippen MR) is 58.6 cm³/mol. The Balaban J connectivity index is 2.16. The van der Waals surface area contributed by atoms with Crippen molar-refractivity contribution in [1.29, 1.82) is 0 Å². The number of carbonyl (C=O) groups excluding carboxylic acids is 1. The predicted octanol–water partition coefficient (Wildman–Crippen LogP) is 2.37. The topological polar surface area (TPSA) is 26.3 Å². The van der Waals surface area contributed by atoms with Crippen LogP contribution in [0.4, 0.5) is 0 Å². The summed E-state index contributed by atoms with van der Waals surface area (Å²) in [6, 6.07) is 0. The molecule has 0 aromatic heterocycles. The van der Waals surface area contributed by atoms with Crippen LogP contribution in [0.3, 0.4) is 0 Å². The minimum absolute atomic E-state index is 0.0238. The summed E-state index contributed by atoms with van der Waals surface area (Å²) in [5.41, 5.74) is 1.45. The van der Waals surface area contributed by atoms with Gasteiger partial charge in [-0.15, -0.1) is 0 Å². The zero-order valence-electron chi connectivity index (χ0n) is 9.39. The van der Waals surface area contributed by atoms with E-state index in [9.17, 15) is 4.79 Å². The van der Waals surface area contributed by atoms with Crippen molar-refractivity contribution in [1.82, 2.24) is 0 Å². The molecule has 0 aliphatic heterocycles. The molecule has 0 radical (unpaired) electrons. The van der Waals surface area contributed by atoms with Gasteiger partial charge >= 0.3 is 5.97 Å². The molecule has 0 N–H and O–H groups in total. The number of hydrogen-bond donors (Lipinski definition) is 0. The van der Waals surface area contributed by atoms with Crippen molar-refractivity contribution in [2.24, 2.45) is 11.8 Å². The maximum atomic E-state index is 11.5. The molecule has 0 amide bonds. The number of carbonyl (C=O) groups is 1. The van der Waals surface area contributed by atoms with Crippen LogP contribution >= 0.6 is 0 Å². The van der Waals surface area contributed by atoms with Gasteiger partial charge in [-0.05, 0) is 18.8 Å². The number of hydrogen-bond acceptors (Lipinski definition) is 2. The van der Waals surface area contributed by atoms with E-state index in [0.29, 0.717) is 0 Å². The number of rotatable bonds is 3. The molecule has 1 fully saturated rings. The maximum absolute atomic E-state index is 11.5. The van der Waals surface area contributed by atoms with E-state index in [0.717, 1.165) is 5.92 Å². The maximum Gasteiger partial charge on any atom is 0.316 e. The van der Waals surface area contributed by atoms with Crippen molar-refractivity contribution in [3.8, 4) is 0 Å². The van der Waals surface area contributed by atoms with Gasteiger partial charge in [0.15, 0.2) is 0 Å². The van der Waals surface area contributed by atoms with Gasteiger partial charge in [-0.1, -0.05) is 30.4 Å². The fourth-order valence-electron chi connectivity index (χ4n) is 2.32. The van der Waals surface area contributed by atoms with Gasteiger partial charge < -0.3 is 4.74 Å².